The van der Waals surface area contributed by atoms with E-state index in [1.807, 2.05) is 30.3 Å². The second-order valence-electron chi connectivity index (χ2n) is 3.85. The molecule has 5 heteroatoms. The zero-order chi connectivity index (χ0) is 12.6. The predicted molar refractivity (Wildman–Crippen MR) is 68.7 cm³/mol. The first-order valence-corrected chi connectivity index (χ1v) is 6.13. The topological polar surface area (TPSA) is 60.2 Å². The molecule has 0 aliphatic rings. The fourth-order valence-electron chi connectivity index (χ4n) is 1.44. The van der Waals surface area contributed by atoms with Gasteiger partial charge in [-0.2, -0.15) is 4.98 Å². The van der Waals surface area contributed by atoms with Crippen LogP contribution in [0.25, 0.3) is 0 Å². The largest absolute Gasteiger partial charge is 0.493 e. The van der Waals surface area contributed by atoms with Crippen molar-refractivity contribution < 1.29 is 9.26 Å². The van der Waals surface area contributed by atoms with E-state index < -0.39 is 0 Å². The van der Waals surface area contributed by atoms with Crippen LogP contribution in [0.15, 0.2) is 34.9 Å². The van der Waals surface area contributed by atoms with Crippen LogP contribution in [0.5, 0.6) is 5.75 Å². The summed E-state index contributed by atoms with van der Waals surface area (Å²) < 4.78 is 10.6. The quantitative estimate of drug-likeness (QED) is 0.814. The first-order valence-electron chi connectivity index (χ1n) is 6.13. The average molecular weight is 247 g/mol. The lowest BCUT2D eigenvalue weighted by Crippen LogP contribution is -2.03. The van der Waals surface area contributed by atoms with Crippen LogP contribution in [0.1, 0.15) is 19.2 Å². The van der Waals surface area contributed by atoms with E-state index in [0.29, 0.717) is 24.9 Å². The summed E-state index contributed by atoms with van der Waals surface area (Å²) in [6.07, 6.45) is 1.65. The van der Waals surface area contributed by atoms with E-state index in [-0.39, 0.29) is 0 Å². The second kappa shape index (κ2) is 6.64. The smallest absolute Gasteiger partial charge is 0.321 e. The van der Waals surface area contributed by atoms with Gasteiger partial charge in [0.1, 0.15) is 5.75 Å². The molecule has 0 unspecified atom stereocenters. The van der Waals surface area contributed by atoms with Crippen molar-refractivity contribution in [3.8, 4) is 5.75 Å². The molecule has 1 heterocycles. The van der Waals surface area contributed by atoms with E-state index in [1.54, 1.807) is 0 Å². The van der Waals surface area contributed by atoms with Gasteiger partial charge < -0.3 is 14.6 Å². The maximum atomic E-state index is 5.56. The van der Waals surface area contributed by atoms with Gasteiger partial charge in [0.05, 0.1) is 6.61 Å². The first kappa shape index (κ1) is 12.4. The molecule has 18 heavy (non-hydrogen) atoms. The highest BCUT2D eigenvalue weighted by Crippen LogP contribution is 2.09. The maximum absolute atomic E-state index is 5.56. The van der Waals surface area contributed by atoms with Crippen molar-refractivity contribution in [2.24, 2.45) is 0 Å². The van der Waals surface area contributed by atoms with Crippen molar-refractivity contribution in [3.05, 3.63) is 36.2 Å². The molecule has 0 aliphatic heterocycles. The Bertz CT molecular complexity index is 456. The number of hydrogen-bond acceptors (Lipinski definition) is 5. The summed E-state index contributed by atoms with van der Waals surface area (Å²) >= 11 is 0. The molecule has 0 atom stereocenters. The van der Waals surface area contributed by atoms with Crippen LogP contribution in [0.3, 0.4) is 0 Å². The van der Waals surface area contributed by atoms with Gasteiger partial charge in [-0.15, -0.1) is 0 Å². The number of para-hydroxylation sites is 1. The van der Waals surface area contributed by atoms with E-state index in [2.05, 4.69) is 22.4 Å². The minimum absolute atomic E-state index is 0.478. The minimum Gasteiger partial charge on any atom is -0.493 e. The molecular formula is C13H17N3O2. The lowest BCUT2D eigenvalue weighted by atomic mass is 10.3. The van der Waals surface area contributed by atoms with Crippen molar-refractivity contribution >= 4 is 6.01 Å². The molecule has 96 valence electrons. The van der Waals surface area contributed by atoms with E-state index in [1.165, 1.54) is 0 Å². The monoisotopic (exact) mass is 247 g/mol. The van der Waals surface area contributed by atoms with Crippen LogP contribution in [-0.4, -0.2) is 23.3 Å². The minimum atomic E-state index is 0.478. The summed E-state index contributed by atoms with van der Waals surface area (Å²) in [5.74, 6) is 1.51. The normalized spacial score (nSPS) is 10.3. The number of nitrogens with zero attached hydrogens (tertiary/aromatic N) is 2. The molecule has 1 aromatic heterocycles. The summed E-state index contributed by atoms with van der Waals surface area (Å²) in [5, 5.41) is 6.91. The Morgan fingerprint density at radius 1 is 1.28 bits per heavy atom. The van der Waals surface area contributed by atoms with Crippen molar-refractivity contribution in [3.63, 3.8) is 0 Å². The SMILES string of the molecule is CCCNc1nc(CCOc2ccccc2)no1. The summed E-state index contributed by atoms with van der Waals surface area (Å²) in [4.78, 5) is 4.21. The molecule has 0 saturated carbocycles. The van der Waals surface area contributed by atoms with E-state index in [9.17, 15) is 0 Å². The number of rotatable bonds is 7. The molecule has 0 spiro atoms. The fourth-order valence-corrected chi connectivity index (χ4v) is 1.44. The van der Waals surface area contributed by atoms with Crippen LogP contribution in [0.2, 0.25) is 0 Å². The van der Waals surface area contributed by atoms with Crippen molar-refractivity contribution in [2.75, 3.05) is 18.5 Å². The molecule has 1 aromatic carbocycles. The van der Waals surface area contributed by atoms with Crippen LogP contribution in [0.4, 0.5) is 6.01 Å². The number of nitrogens with one attached hydrogen (secondary N) is 1. The van der Waals surface area contributed by atoms with Crippen LogP contribution >= 0.6 is 0 Å². The van der Waals surface area contributed by atoms with Gasteiger partial charge in [0.25, 0.3) is 0 Å². The summed E-state index contributed by atoms with van der Waals surface area (Å²) in [6, 6.07) is 10.2. The molecule has 0 fully saturated rings. The van der Waals surface area contributed by atoms with Crippen LogP contribution < -0.4 is 10.1 Å². The fraction of sp³-hybridized carbons (Fsp3) is 0.385. The van der Waals surface area contributed by atoms with Gasteiger partial charge >= 0.3 is 6.01 Å². The third-order valence-electron chi connectivity index (χ3n) is 2.33. The van der Waals surface area contributed by atoms with Gasteiger partial charge in [-0.25, -0.2) is 0 Å². The first-order chi connectivity index (χ1) is 8.88. The van der Waals surface area contributed by atoms with Gasteiger partial charge in [-0.05, 0) is 18.6 Å². The Morgan fingerprint density at radius 3 is 2.89 bits per heavy atom. The zero-order valence-corrected chi connectivity index (χ0v) is 10.4. The van der Waals surface area contributed by atoms with Crippen molar-refractivity contribution in [1.29, 1.82) is 0 Å². The second-order valence-corrected chi connectivity index (χ2v) is 3.85. The lowest BCUT2D eigenvalue weighted by Gasteiger charge is -2.02. The van der Waals surface area contributed by atoms with Gasteiger partial charge in [-0.1, -0.05) is 30.3 Å². The molecule has 2 aromatic rings. The number of benzene rings is 1. The van der Waals surface area contributed by atoms with Gasteiger partial charge in [0, 0.05) is 13.0 Å². The molecule has 0 aliphatic carbocycles. The third kappa shape index (κ3) is 3.76. The summed E-state index contributed by atoms with van der Waals surface area (Å²) in [5.41, 5.74) is 0. The Labute approximate surface area is 106 Å². The molecule has 5 nitrogen and oxygen atoms in total. The van der Waals surface area contributed by atoms with E-state index in [4.69, 9.17) is 9.26 Å². The Balaban J connectivity index is 1.75. The molecule has 0 saturated heterocycles. The van der Waals surface area contributed by atoms with Gasteiger partial charge in [0.2, 0.25) is 0 Å². The van der Waals surface area contributed by atoms with E-state index >= 15 is 0 Å². The number of aromatic nitrogens is 2. The predicted octanol–water partition coefficient (Wildman–Crippen LogP) is 2.51. The molecular weight excluding hydrogens is 230 g/mol. The molecule has 0 bridgehead atoms. The number of ether oxygens (including phenoxy) is 1. The van der Waals surface area contributed by atoms with E-state index in [0.717, 1.165) is 18.7 Å². The third-order valence-corrected chi connectivity index (χ3v) is 2.33. The summed E-state index contributed by atoms with van der Waals surface area (Å²) in [7, 11) is 0. The molecule has 2 rings (SSSR count). The van der Waals surface area contributed by atoms with Crippen molar-refractivity contribution in [2.45, 2.75) is 19.8 Å². The van der Waals surface area contributed by atoms with Gasteiger partial charge in [0.15, 0.2) is 5.82 Å². The lowest BCUT2D eigenvalue weighted by molar-refractivity contribution is 0.315. The molecule has 0 amide bonds. The average Bonchev–Trinajstić information content (AvgIpc) is 2.85. The standard InChI is InChI=1S/C13H17N3O2/c1-2-9-14-13-15-12(16-18-13)8-10-17-11-6-4-3-5-7-11/h3-7H,2,8-10H2,1H3,(H,14,15,16). The Kier molecular flexibility index (Phi) is 4.58. The van der Waals surface area contributed by atoms with Gasteiger partial charge in [-0.3, -0.25) is 0 Å². The van der Waals surface area contributed by atoms with Crippen molar-refractivity contribution in [1.82, 2.24) is 10.1 Å². The molecule has 0 radical (unpaired) electrons. The number of anilines is 1. The number of hydrogen-bond donors (Lipinski definition) is 1. The Morgan fingerprint density at radius 2 is 2.11 bits per heavy atom. The maximum Gasteiger partial charge on any atom is 0.321 e. The zero-order valence-electron chi connectivity index (χ0n) is 10.4. The highest BCUT2D eigenvalue weighted by atomic mass is 16.5. The molecule has 1 N–H and O–H groups in total. The highest BCUT2D eigenvalue weighted by molar-refractivity contribution is 5.21. The summed E-state index contributed by atoms with van der Waals surface area (Å²) in [6.45, 7) is 3.46. The van der Waals surface area contributed by atoms with Crippen LogP contribution in [0, 0.1) is 0 Å². The van der Waals surface area contributed by atoms with Crippen LogP contribution in [-0.2, 0) is 6.42 Å². The Hall–Kier alpha value is -2.04. The highest BCUT2D eigenvalue weighted by Gasteiger charge is 2.05.